The van der Waals surface area contributed by atoms with E-state index < -0.39 is 0 Å². The monoisotopic (exact) mass is 213 g/mol. The van der Waals surface area contributed by atoms with Crippen molar-refractivity contribution in [3.05, 3.63) is 17.4 Å². The molecule has 1 unspecified atom stereocenters. The molecule has 0 spiro atoms. The maximum atomic E-state index is 5.94. The molecule has 2 rings (SSSR count). The first-order chi connectivity index (χ1) is 6.86. The molecule has 1 aliphatic rings. The highest BCUT2D eigenvalue weighted by Crippen LogP contribution is 2.13. The third-order valence-electron chi connectivity index (χ3n) is 2.77. The van der Waals surface area contributed by atoms with Gasteiger partial charge in [0.2, 0.25) is 0 Å². The van der Waals surface area contributed by atoms with Gasteiger partial charge in [-0.3, -0.25) is 4.68 Å². The molecule has 4 heteroatoms. The molecule has 1 aromatic heterocycles. The molecule has 0 bridgehead atoms. The van der Waals surface area contributed by atoms with Gasteiger partial charge in [-0.05, 0) is 31.9 Å². The Labute approximate surface area is 89.4 Å². The summed E-state index contributed by atoms with van der Waals surface area (Å²) in [6, 6.07) is 2.49. The van der Waals surface area contributed by atoms with Crippen LogP contribution in [-0.2, 0) is 6.54 Å². The largest absolute Gasteiger partial charge is 0.314 e. The molecule has 1 aliphatic heterocycles. The lowest BCUT2D eigenvalue weighted by molar-refractivity contribution is 0.360. The summed E-state index contributed by atoms with van der Waals surface area (Å²) in [6.45, 7) is 2.08. The summed E-state index contributed by atoms with van der Waals surface area (Å²) in [7, 11) is 0. The van der Waals surface area contributed by atoms with Crippen LogP contribution in [0.1, 0.15) is 25.7 Å². The summed E-state index contributed by atoms with van der Waals surface area (Å²) >= 11 is 5.94. The summed E-state index contributed by atoms with van der Waals surface area (Å²) in [5.41, 5.74) is 0. The van der Waals surface area contributed by atoms with E-state index in [1.165, 1.54) is 19.3 Å². The molecule has 0 aromatic carbocycles. The van der Waals surface area contributed by atoms with Crippen molar-refractivity contribution in [2.75, 3.05) is 6.54 Å². The van der Waals surface area contributed by atoms with Crippen molar-refractivity contribution in [1.82, 2.24) is 15.1 Å². The minimum absolute atomic E-state index is 0.656. The minimum atomic E-state index is 0.656. The predicted octanol–water partition coefficient (Wildman–Crippen LogP) is 2.07. The number of nitrogens with zero attached hydrogens (tertiary/aromatic N) is 2. The molecule has 0 radical (unpaired) electrons. The Balaban J connectivity index is 1.79. The van der Waals surface area contributed by atoms with Gasteiger partial charge in [-0.2, -0.15) is 5.10 Å². The maximum Gasteiger partial charge on any atom is 0.127 e. The van der Waals surface area contributed by atoms with Crippen LogP contribution < -0.4 is 5.32 Å². The van der Waals surface area contributed by atoms with Gasteiger partial charge >= 0.3 is 0 Å². The fourth-order valence-electron chi connectivity index (χ4n) is 1.93. The van der Waals surface area contributed by atoms with E-state index in [4.69, 9.17) is 11.6 Å². The van der Waals surface area contributed by atoms with Crippen LogP contribution in [0.15, 0.2) is 12.3 Å². The van der Waals surface area contributed by atoms with E-state index in [1.807, 2.05) is 10.7 Å². The van der Waals surface area contributed by atoms with Crippen molar-refractivity contribution in [2.45, 2.75) is 38.3 Å². The molecule has 1 aromatic rings. The SMILES string of the molecule is Clc1ccnn1CCC1CCCCN1. The highest BCUT2D eigenvalue weighted by atomic mass is 35.5. The lowest BCUT2D eigenvalue weighted by atomic mass is 10.0. The second-order valence-electron chi connectivity index (χ2n) is 3.81. The number of hydrogen-bond donors (Lipinski definition) is 1. The molecule has 2 heterocycles. The van der Waals surface area contributed by atoms with Crippen molar-refractivity contribution in [2.24, 2.45) is 0 Å². The van der Waals surface area contributed by atoms with Gasteiger partial charge in [-0.15, -0.1) is 0 Å². The van der Waals surface area contributed by atoms with Crippen LogP contribution in [0.25, 0.3) is 0 Å². The highest BCUT2D eigenvalue weighted by molar-refractivity contribution is 6.29. The Bertz CT molecular complexity index is 279. The lowest BCUT2D eigenvalue weighted by Crippen LogP contribution is -2.34. The molecule has 3 nitrogen and oxygen atoms in total. The number of aryl methyl sites for hydroxylation is 1. The van der Waals surface area contributed by atoms with Gasteiger partial charge < -0.3 is 5.32 Å². The quantitative estimate of drug-likeness (QED) is 0.833. The van der Waals surface area contributed by atoms with Crippen LogP contribution in [0.2, 0.25) is 5.15 Å². The van der Waals surface area contributed by atoms with Crippen LogP contribution in [-0.4, -0.2) is 22.4 Å². The number of nitrogens with one attached hydrogen (secondary N) is 1. The molecule has 0 aliphatic carbocycles. The van der Waals surface area contributed by atoms with Crippen molar-refractivity contribution in [1.29, 1.82) is 0 Å². The molecule has 0 amide bonds. The Morgan fingerprint density at radius 3 is 3.14 bits per heavy atom. The third kappa shape index (κ3) is 2.49. The van der Waals surface area contributed by atoms with E-state index in [0.717, 1.165) is 24.7 Å². The normalized spacial score (nSPS) is 22.5. The van der Waals surface area contributed by atoms with Gasteiger partial charge in [0.1, 0.15) is 5.15 Å². The molecule has 1 N–H and O–H groups in total. The van der Waals surface area contributed by atoms with E-state index in [0.29, 0.717) is 6.04 Å². The Morgan fingerprint density at radius 2 is 2.50 bits per heavy atom. The van der Waals surface area contributed by atoms with Gasteiger partial charge in [0.05, 0.1) is 6.20 Å². The van der Waals surface area contributed by atoms with Gasteiger partial charge in [0, 0.05) is 12.6 Å². The Morgan fingerprint density at radius 1 is 1.57 bits per heavy atom. The summed E-state index contributed by atoms with van der Waals surface area (Å²) in [5, 5.41) is 8.41. The third-order valence-corrected chi connectivity index (χ3v) is 3.09. The topological polar surface area (TPSA) is 29.9 Å². The van der Waals surface area contributed by atoms with Crippen molar-refractivity contribution in [3.8, 4) is 0 Å². The molecule has 1 fully saturated rings. The van der Waals surface area contributed by atoms with Gasteiger partial charge in [-0.1, -0.05) is 18.0 Å². The zero-order chi connectivity index (χ0) is 9.80. The van der Waals surface area contributed by atoms with Gasteiger partial charge in [-0.25, -0.2) is 0 Å². The Hall–Kier alpha value is -0.540. The highest BCUT2D eigenvalue weighted by Gasteiger charge is 2.12. The second kappa shape index (κ2) is 4.80. The molecule has 1 saturated heterocycles. The average molecular weight is 214 g/mol. The second-order valence-corrected chi connectivity index (χ2v) is 4.20. The van der Waals surface area contributed by atoms with Crippen LogP contribution in [0.3, 0.4) is 0 Å². The molecule has 0 saturated carbocycles. The summed E-state index contributed by atoms with van der Waals surface area (Å²) in [6.07, 6.45) is 6.83. The molecular formula is C10H16ClN3. The van der Waals surface area contributed by atoms with Crippen LogP contribution in [0, 0.1) is 0 Å². The van der Waals surface area contributed by atoms with E-state index in [1.54, 1.807) is 6.20 Å². The van der Waals surface area contributed by atoms with Crippen molar-refractivity contribution < 1.29 is 0 Å². The molecule has 78 valence electrons. The fraction of sp³-hybridized carbons (Fsp3) is 0.700. The van der Waals surface area contributed by atoms with Crippen LogP contribution in [0.4, 0.5) is 0 Å². The first kappa shape index (κ1) is 9.99. The fourth-order valence-corrected chi connectivity index (χ4v) is 2.11. The van der Waals surface area contributed by atoms with Crippen molar-refractivity contribution in [3.63, 3.8) is 0 Å². The van der Waals surface area contributed by atoms with Gasteiger partial charge in [0.15, 0.2) is 0 Å². The van der Waals surface area contributed by atoms with E-state index in [9.17, 15) is 0 Å². The van der Waals surface area contributed by atoms with Crippen molar-refractivity contribution >= 4 is 11.6 Å². The van der Waals surface area contributed by atoms with E-state index in [2.05, 4.69) is 10.4 Å². The number of aromatic nitrogens is 2. The average Bonchev–Trinajstić information content (AvgIpc) is 2.63. The number of hydrogen-bond acceptors (Lipinski definition) is 2. The maximum absolute atomic E-state index is 5.94. The zero-order valence-electron chi connectivity index (χ0n) is 8.25. The van der Waals surface area contributed by atoms with Crippen LogP contribution in [0.5, 0.6) is 0 Å². The minimum Gasteiger partial charge on any atom is -0.314 e. The number of halogens is 1. The smallest absolute Gasteiger partial charge is 0.127 e. The summed E-state index contributed by atoms with van der Waals surface area (Å²) in [5.74, 6) is 0. The van der Waals surface area contributed by atoms with Crippen LogP contribution >= 0.6 is 11.6 Å². The molecular weight excluding hydrogens is 198 g/mol. The number of piperidine rings is 1. The first-order valence-corrected chi connectivity index (χ1v) is 5.65. The van der Waals surface area contributed by atoms with E-state index >= 15 is 0 Å². The standard InChI is InChI=1S/C10H16ClN3/c11-10-4-7-13-14(10)8-5-9-3-1-2-6-12-9/h4,7,9,12H,1-3,5-6,8H2. The van der Waals surface area contributed by atoms with E-state index in [-0.39, 0.29) is 0 Å². The zero-order valence-corrected chi connectivity index (χ0v) is 9.00. The number of rotatable bonds is 3. The Kier molecular flexibility index (Phi) is 3.43. The molecule has 1 atom stereocenters. The molecule has 14 heavy (non-hydrogen) atoms. The lowest BCUT2D eigenvalue weighted by Gasteiger charge is -2.23. The predicted molar refractivity (Wildman–Crippen MR) is 57.5 cm³/mol. The van der Waals surface area contributed by atoms with Gasteiger partial charge in [0.25, 0.3) is 0 Å². The first-order valence-electron chi connectivity index (χ1n) is 5.27. The summed E-state index contributed by atoms with van der Waals surface area (Å²) in [4.78, 5) is 0. The summed E-state index contributed by atoms with van der Waals surface area (Å²) < 4.78 is 1.86.